The number of hydrogen-bond acceptors (Lipinski definition) is 4. The third-order valence-electron chi connectivity index (χ3n) is 4.40. The maximum absolute atomic E-state index is 13.2. The summed E-state index contributed by atoms with van der Waals surface area (Å²) in [7, 11) is -1.13. The smallest absolute Gasteiger partial charge is 0.423 e. The molecule has 1 aliphatic rings. The standard InChI is InChI=1S/C18H17BF3NO3/c1-10-6-13(18(20,21)22)16(23-9-10)15(24)8-11-4-5-12-14(7-11)19(25)26-17(12,2)3/h4-7,9,25H,8H2,1-3H3. The molecule has 0 amide bonds. The van der Waals surface area contributed by atoms with E-state index in [2.05, 4.69) is 4.98 Å². The zero-order valence-electron chi connectivity index (χ0n) is 14.5. The van der Waals surface area contributed by atoms with Gasteiger partial charge in [0.25, 0.3) is 0 Å². The first-order chi connectivity index (χ1) is 12.0. The fourth-order valence-corrected chi connectivity index (χ4v) is 3.16. The van der Waals surface area contributed by atoms with E-state index in [1.165, 1.54) is 13.1 Å². The van der Waals surface area contributed by atoms with Crippen molar-refractivity contribution in [2.75, 3.05) is 0 Å². The quantitative estimate of drug-likeness (QED) is 0.673. The van der Waals surface area contributed by atoms with Crippen molar-refractivity contribution < 1.29 is 27.6 Å². The molecular weight excluding hydrogens is 346 g/mol. The van der Waals surface area contributed by atoms with Crippen molar-refractivity contribution in [3.05, 3.63) is 58.4 Å². The van der Waals surface area contributed by atoms with Crippen LogP contribution in [0.15, 0.2) is 30.5 Å². The Morgan fingerprint density at radius 1 is 1.31 bits per heavy atom. The highest BCUT2D eigenvalue weighted by molar-refractivity contribution is 6.62. The first kappa shape index (κ1) is 18.6. The fraction of sp³-hybridized carbons (Fsp3) is 0.333. The van der Waals surface area contributed by atoms with Gasteiger partial charge in [-0.25, -0.2) is 0 Å². The van der Waals surface area contributed by atoms with E-state index in [9.17, 15) is 23.0 Å². The Kier molecular flexibility index (Phi) is 4.44. The van der Waals surface area contributed by atoms with Crippen molar-refractivity contribution in [1.29, 1.82) is 0 Å². The molecule has 0 unspecified atom stereocenters. The largest absolute Gasteiger partial charge is 0.492 e. The van der Waals surface area contributed by atoms with Crippen LogP contribution in [0.1, 0.15) is 46.6 Å². The molecule has 0 saturated heterocycles. The molecule has 1 aliphatic heterocycles. The van der Waals surface area contributed by atoms with E-state index in [1.807, 2.05) is 0 Å². The molecule has 4 nitrogen and oxygen atoms in total. The van der Waals surface area contributed by atoms with E-state index in [4.69, 9.17) is 4.65 Å². The van der Waals surface area contributed by atoms with Crippen molar-refractivity contribution in [2.24, 2.45) is 0 Å². The zero-order valence-corrected chi connectivity index (χ0v) is 14.5. The number of carbonyl (C=O) groups excluding carboxylic acids is 1. The summed E-state index contributed by atoms with van der Waals surface area (Å²) < 4.78 is 45.1. The lowest BCUT2D eigenvalue weighted by atomic mass is 9.77. The number of rotatable bonds is 3. The molecule has 2 aromatic rings. The molecule has 1 N–H and O–H groups in total. The van der Waals surface area contributed by atoms with Gasteiger partial charge in [-0.1, -0.05) is 18.2 Å². The van der Waals surface area contributed by atoms with Gasteiger partial charge in [-0.15, -0.1) is 0 Å². The molecule has 136 valence electrons. The molecule has 0 bridgehead atoms. The minimum atomic E-state index is -4.66. The van der Waals surface area contributed by atoms with Gasteiger partial charge in [-0.2, -0.15) is 13.2 Å². The Morgan fingerprint density at radius 2 is 2.00 bits per heavy atom. The molecule has 0 fully saturated rings. The summed E-state index contributed by atoms with van der Waals surface area (Å²) in [5.41, 5.74) is -0.176. The molecule has 26 heavy (non-hydrogen) atoms. The van der Waals surface area contributed by atoms with Crippen molar-refractivity contribution in [3.63, 3.8) is 0 Å². The second-order valence-corrected chi connectivity index (χ2v) is 6.91. The number of fused-ring (bicyclic) bond motifs is 1. The number of hydrogen-bond donors (Lipinski definition) is 1. The van der Waals surface area contributed by atoms with Crippen LogP contribution in [0.3, 0.4) is 0 Å². The Hall–Kier alpha value is -2.19. The van der Waals surface area contributed by atoms with E-state index >= 15 is 0 Å². The maximum Gasteiger partial charge on any atom is 0.492 e. The highest BCUT2D eigenvalue weighted by Gasteiger charge is 2.41. The van der Waals surface area contributed by atoms with Crippen molar-refractivity contribution >= 4 is 18.4 Å². The number of carbonyl (C=O) groups is 1. The molecule has 0 aliphatic carbocycles. The lowest BCUT2D eigenvalue weighted by molar-refractivity contribution is -0.138. The third kappa shape index (κ3) is 3.39. The van der Waals surface area contributed by atoms with E-state index in [-0.39, 0.29) is 6.42 Å². The number of benzene rings is 1. The average Bonchev–Trinajstić information content (AvgIpc) is 2.75. The topological polar surface area (TPSA) is 59.4 Å². The van der Waals surface area contributed by atoms with Crippen LogP contribution in [0.4, 0.5) is 13.2 Å². The molecule has 2 heterocycles. The molecular formula is C18H17BF3NO3. The molecule has 3 rings (SSSR count). The second-order valence-electron chi connectivity index (χ2n) is 6.91. The van der Waals surface area contributed by atoms with Crippen LogP contribution in [0.5, 0.6) is 0 Å². The lowest BCUT2D eigenvalue weighted by Crippen LogP contribution is -2.29. The summed E-state index contributed by atoms with van der Waals surface area (Å²) >= 11 is 0. The van der Waals surface area contributed by atoms with Gasteiger partial charge in [0, 0.05) is 12.6 Å². The average molecular weight is 363 g/mol. The molecule has 0 spiro atoms. The predicted molar refractivity (Wildman–Crippen MR) is 90.2 cm³/mol. The number of Topliss-reactive ketones (excluding diaryl/α,β-unsaturated/α-hetero) is 1. The normalized spacial score (nSPS) is 15.9. The third-order valence-corrected chi connectivity index (χ3v) is 4.40. The maximum atomic E-state index is 13.2. The molecule has 0 saturated carbocycles. The van der Waals surface area contributed by atoms with Crippen molar-refractivity contribution in [1.82, 2.24) is 4.98 Å². The van der Waals surface area contributed by atoms with Gasteiger partial charge in [0.1, 0.15) is 5.69 Å². The van der Waals surface area contributed by atoms with Crippen LogP contribution in [0.25, 0.3) is 0 Å². The van der Waals surface area contributed by atoms with Crippen molar-refractivity contribution in [2.45, 2.75) is 39.0 Å². The zero-order chi connectivity index (χ0) is 19.3. The highest BCUT2D eigenvalue weighted by Crippen LogP contribution is 2.33. The van der Waals surface area contributed by atoms with Gasteiger partial charge in [-0.3, -0.25) is 9.78 Å². The molecule has 0 atom stereocenters. The van der Waals surface area contributed by atoms with Crippen LogP contribution in [0.2, 0.25) is 0 Å². The number of aryl methyl sites for hydroxylation is 1. The summed E-state index contributed by atoms with van der Waals surface area (Å²) in [6.45, 7) is 5.09. The first-order valence-electron chi connectivity index (χ1n) is 8.05. The predicted octanol–water partition coefficient (Wildman–Crippen LogP) is 2.79. The number of ketones is 1. The van der Waals surface area contributed by atoms with Gasteiger partial charge >= 0.3 is 13.3 Å². The summed E-state index contributed by atoms with van der Waals surface area (Å²) in [5, 5.41) is 10.0. The Balaban J connectivity index is 1.92. The van der Waals surface area contributed by atoms with Gasteiger partial charge in [0.2, 0.25) is 0 Å². The van der Waals surface area contributed by atoms with Crippen LogP contribution >= 0.6 is 0 Å². The Morgan fingerprint density at radius 3 is 2.65 bits per heavy atom. The van der Waals surface area contributed by atoms with Crippen LogP contribution in [-0.2, 0) is 22.9 Å². The summed E-state index contributed by atoms with van der Waals surface area (Å²) in [5.74, 6) is -0.732. The molecule has 0 radical (unpaired) electrons. The minimum absolute atomic E-state index is 0.250. The number of alkyl halides is 3. The van der Waals surface area contributed by atoms with Crippen LogP contribution < -0.4 is 5.46 Å². The summed E-state index contributed by atoms with van der Waals surface area (Å²) in [6, 6.07) is 5.89. The molecule has 1 aromatic carbocycles. The Labute approximate surface area is 149 Å². The number of pyridine rings is 1. The number of halogens is 3. The van der Waals surface area contributed by atoms with Gasteiger partial charge in [0.15, 0.2) is 5.78 Å². The summed E-state index contributed by atoms with van der Waals surface area (Å²) in [4.78, 5) is 16.2. The van der Waals surface area contributed by atoms with Crippen LogP contribution in [0, 0.1) is 6.92 Å². The highest BCUT2D eigenvalue weighted by atomic mass is 19.4. The van der Waals surface area contributed by atoms with E-state index in [0.717, 1.165) is 11.6 Å². The summed E-state index contributed by atoms with van der Waals surface area (Å²) in [6.07, 6.45) is -3.67. The van der Waals surface area contributed by atoms with E-state index in [0.29, 0.717) is 16.6 Å². The SMILES string of the molecule is Cc1cnc(C(=O)Cc2ccc3c(c2)B(O)OC3(C)C)c(C(F)(F)F)c1. The van der Waals surface area contributed by atoms with E-state index < -0.39 is 35.9 Å². The number of aromatic nitrogens is 1. The van der Waals surface area contributed by atoms with Gasteiger partial charge in [0.05, 0.1) is 11.2 Å². The fourth-order valence-electron chi connectivity index (χ4n) is 3.16. The van der Waals surface area contributed by atoms with Gasteiger partial charge in [-0.05, 0) is 49.0 Å². The monoisotopic (exact) mass is 363 g/mol. The second kappa shape index (κ2) is 6.21. The van der Waals surface area contributed by atoms with Crippen molar-refractivity contribution in [3.8, 4) is 0 Å². The minimum Gasteiger partial charge on any atom is -0.423 e. The van der Waals surface area contributed by atoms with Crippen LogP contribution in [-0.4, -0.2) is 22.9 Å². The van der Waals surface area contributed by atoms with E-state index in [1.54, 1.807) is 32.0 Å². The van der Waals surface area contributed by atoms with Gasteiger partial charge < -0.3 is 9.68 Å². The number of nitrogens with zero attached hydrogens (tertiary/aromatic N) is 1. The first-order valence-corrected chi connectivity index (χ1v) is 8.05. The molecule has 8 heteroatoms. The molecule has 1 aromatic heterocycles. The Bertz CT molecular complexity index is 880. The lowest BCUT2D eigenvalue weighted by Gasteiger charge is -2.19.